The fourth-order valence-corrected chi connectivity index (χ4v) is 3.77. The Morgan fingerprint density at radius 2 is 1.61 bits per heavy atom. The number of alkyl carbamates (subject to hydrolysis) is 1. The van der Waals surface area contributed by atoms with Crippen molar-refractivity contribution in [3.05, 3.63) is 29.3 Å². The molecule has 0 saturated heterocycles. The molecule has 0 heterocycles. The highest BCUT2D eigenvalue weighted by Gasteiger charge is 2.32. The van der Waals surface area contributed by atoms with Crippen LogP contribution in [0.25, 0.3) is 0 Å². The zero-order valence-electron chi connectivity index (χ0n) is 24.2. The Morgan fingerprint density at radius 1 is 0.972 bits per heavy atom. The van der Waals surface area contributed by atoms with Gasteiger partial charge in [0.15, 0.2) is 0 Å². The van der Waals surface area contributed by atoms with Crippen molar-refractivity contribution in [1.82, 2.24) is 5.32 Å². The molecule has 0 aliphatic carbocycles. The van der Waals surface area contributed by atoms with Crippen LogP contribution in [-0.2, 0) is 31.8 Å². The van der Waals surface area contributed by atoms with Gasteiger partial charge in [-0.1, -0.05) is 32.9 Å². The van der Waals surface area contributed by atoms with Gasteiger partial charge in [0, 0.05) is 20.1 Å². The number of carbonyl (C=O) groups excluding carboxylic acids is 2. The standard InChI is InChI=1S/C29H49NO6/c1-11-22-14-13-21(18-25(22)34-16-12-15-33-10)17-23(20(2)3)19-24(26(31)35-28(4,5)6)30-27(32)36-29(7,8)9/h13-14,18,20,23-24H,11-12,15-17,19H2,1-10H3,(H,30,32)/t23-,24?/m0/s1. The van der Waals surface area contributed by atoms with Gasteiger partial charge in [-0.25, -0.2) is 9.59 Å². The number of rotatable bonds is 13. The number of benzene rings is 1. The molecule has 1 N–H and O–H groups in total. The Kier molecular flexibility index (Phi) is 12.8. The predicted octanol–water partition coefficient (Wildman–Crippen LogP) is 6.10. The summed E-state index contributed by atoms with van der Waals surface area (Å²) in [6, 6.07) is 5.53. The Morgan fingerprint density at radius 3 is 2.14 bits per heavy atom. The molecule has 0 saturated carbocycles. The van der Waals surface area contributed by atoms with Crippen LogP contribution in [-0.4, -0.2) is 49.6 Å². The summed E-state index contributed by atoms with van der Waals surface area (Å²) in [5, 5.41) is 2.76. The maximum atomic E-state index is 13.1. The molecule has 0 bridgehead atoms. The minimum atomic E-state index is -0.814. The topological polar surface area (TPSA) is 83.1 Å². The third-order valence-electron chi connectivity index (χ3n) is 5.62. The van der Waals surface area contributed by atoms with Crippen molar-refractivity contribution in [3.63, 3.8) is 0 Å². The Labute approximate surface area is 218 Å². The molecule has 36 heavy (non-hydrogen) atoms. The third-order valence-corrected chi connectivity index (χ3v) is 5.62. The highest BCUT2D eigenvalue weighted by molar-refractivity contribution is 5.81. The van der Waals surface area contributed by atoms with Gasteiger partial charge in [0.1, 0.15) is 23.0 Å². The smallest absolute Gasteiger partial charge is 0.408 e. The predicted molar refractivity (Wildman–Crippen MR) is 143 cm³/mol. The fraction of sp³-hybridized carbons (Fsp3) is 0.724. The molecule has 0 aliphatic rings. The molecule has 206 valence electrons. The first kappa shape index (κ1) is 31.7. The molecule has 7 nitrogen and oxygen atoms in total. The van der Waals surface area contributed by atoms with Gasteiger partial charge in [-0.05, 0) is 89.8 Å². The average Bonchev–Trinajstić information content (AvgIpc) is 2.73. The molecule has 1 unspecified atom stereocenters. The SMILES string of the molecule is CCc1ccc(C[C@@H](CC(NC(=O)OC(C)(C)C)C(=O)OC(C)(C)C)C(C)C)cc1OCCCOC. The molecule has 1 rings (SSSR count). The van der Waals surface area contributed by atoms with Crippen LogP contribution in [0.15, 0.2) is 18.2 Å². The van der Waals surface area contributed by atoms with E-state index in [4.69, 9.17) is 18.9 Å². The van der Waals surface area contributed by atoms with E-state index >= 15 is 0 Å². The maximum Gasteiger partial charge on any atom is 0.408 e. The molecule has 0 radical (unpaired) electrons. The number of amides is 1. The first-order chi connectivity index (χ1) is 16.6. The molecule has 0 spiro atoms. The maximum absolute atomic E-state index is 13.1. The number of ether oxygens (including phenoxy) is 4. The number of methoxy groups -OCH3 is 1. The lowest BCUT2D eigenvalue weighted by Gasteiger charge is -2.30. The van der Waals surface area contributed by atoms with E-state index in [2.05, 4.69) is 44.3 Å². The summed E-state index contributed by atoms with van der Waals surface area (Å²) in [5.74, 6) is 0.824. The van der Waals surface area contributed by atoms with Crippen LogP contribution in [0.2, 0.25) is 0 Å². The molecule has 0 fully saturated rings. The quantitative estimate of drug-likeness (QED) is 0.256. The highest BCUT2D eigenvalue weighted by Crippen LogP contribution is 2.28. The molecule has 1 aromatic rings. The summed E-state index contributed by atoms with van der Waals surface area (Å²) in [4.78, 5) is 25.6. The van der Waals surface area contributed by atoms with Gasteiger partial charge in [-0.15, -0.1) is 0 Å². The van der Waals surface area contributed by atoms with Crippen LogP contribution in [0.1, 0.15) is 86.3 Å². The summed E-state index contributed by atoms with van der Waals surface area (Å²) in [5.41, 5.74) is 0.965. The zero-order valence-corrected chi connectivity index (χ0v) is 24.2. The molecule has 2 atom stereocenters. The first-order valence-electron chi connectivity index (χ1n) is 13.1. The number of hydrogen-bond donors (Lipinski definition) is 1. The number of carbonyl (C=O) groups is 2. The van der Waals surface area contributed by atoms with E-state index in [0.717, 1.165) is 36.1 Å². The monoisotopic (exact) mass is 507 g/mol. The second-order valence-corrected chi connectivity index (χ2v) is 11.7. The fourth-order valence-electron chi connectivity index (χ4n) is 3.77. The summed E-state index contributed by atoms with van der Waals surface area (Å²) >= 11 is 0. The lowest BCUT2D eigenvalue weighted by molar-refractivity contribution is -0.158. The van der Waals surface area contributed by atoms with Crippen molar-refractivity contribution < 1.29 is 28.5 Å². The second-order valence-electron chi connectivity index (χ2n) is 11.7. The van der Waals surface area contributed by atoms with Crippen molar-refractivity contribution in [2.24, 2.45) is 11.8 Å². The van der Waals surface area contributed by atoms with Crippen LogP contribution in [0.5, 0.6) is 5.75 Å². The molecule has 0 aromatic heterocycles. The van der Waals surface area contributed by atoms with E-state index in [-0.39, 0.29) is 11.8 Å². The molecular formula is C29H49NO6. The number of esters is 1. The highest BCUT2D eigenvalue weighted by atomic mass is 16.6. The summed E-state index contributed by atoms with van der Waals surface area (Å²) in [7, 11) is 1.69. The van der Waals surface area contributed by atoms with E-state index in [9.17, 15) is 9.59 Å². The van der Waals surface area contributed by atoms with Crippen LogP contribution >= 0.6 is 0 Å². The van der Waals surface area contributed by atoms with Crippen LogP contribution in [0.4, 0.5) is 4.79 Å². The van der Waals surface area contributed by atoms with Crippen molar-refractivity contribution in [1.29, 1.82) is 0 Å². The minimum Gasteiger partial charge on any atom is -0.493 e. The van der Waals surface area contributed by atoms with Gasteiger partial charge in [0.2, 0.25) is 0 Å². The van der Waals surface area contributed by atoms with Gasteiger partial charge in [-0.2, -0.15) is 0 Å². The van der Waals surface area contributed by atoms with Crippen LogP contribution in [0, 0.1) is 11.8 Å². The Balaban J connectivity index is 3.09. The van der Waals surface area contributed by atoms with E-state index in [1.165, 1.54) is 0 Å². The van der Waals surface area contributed by atoms with E-state index < -0.39 is 29.3 Å². The number of nitrogens with one attached hydrogen (secondary N) is 1. The molecule has 7 heteroatoms. The van der Waals surface area contributed by atoms with Crippen molar-refractivity contribution in [3.8, 4) is 5.75 Å². The molecular weight excluding hydrogens is 458 g/mol. The first-order valence-corrected chi connectivity index (χ1v) is 13.1. The molecule has 1 aromatic carbocycles. The van der Waals surface area contributed by atoms with Gasteiger partial charge in [0.05, 0.1) is 6.61 Å². The number of hydrogen-bond acceptors (Lipinski definition) is 6. The van der Waals surface area contributed by atoms with E-state index in [0.29, 0.717) is 19.6 Å². The minimum absolute atomic E-state index is 0.117. The normalized spacial score (nSPS) is 13.8. The number of aryl methyl sites for hydroxylation is 1. The van der Waals surface area contributed by atoms with Gasteiger partial charge < -0.3 is 24.3 Å². The Hall–Kier alpha value is -2.28. The van der Waals surface area contributed by atoms with E-state index in [1.807, 2.05) is 20.8 Å². The average molecular weight is 508 g/mol. The van der Waals surface area contributed by atoms with Gasteiger partial charge in [0.25, 0.3) is 0 Å². The lowest BCUT2D eigenvalue weighted by atomic mass is 9.84. The van der Waals surface area contributed by atoms with Gasteiger partial charge >= 0.3 is 12.1 Å². The zero-order chi connectivity index (χ0) is 27.5. The molecule has 1 amide bonds. The largest absolute Gasteiger partial charge is 0.493 e. The lowest BCUT2D eigenvalue weighted by Crippen LogP contribution is -2.47. The van der Waals surface area contributed by atoms with Crippen LogP contribution < -0.4 is 10.1 Å². The Bertz CT molecular complexity index is 822. The summed E-state index contributed by atoms with van der Waals surface area (Å²) < 4.78 is 22.2. The summed E-state index contributed by atoms with van der Waals surface area (Å²) in [6.07, 6.45) is 2.26. The van der Waals surface area contributed by atoms with Crippen molar-refractivity contribution in [2.75, 3.05) is 20.3 Å². The van der Waals surface area contributed by atoms with Gasteiger partial charge in [-0.3, -0.25) is 0 Å². The summed E-state index contributed by atoms with van der Waals surface area (Å²) in [6.45, 7) is 18.5. The third kappa shape index (κ3) is 12.6. The van der Waals surface area contributed by atoms with Crippen LogP contribution in [0.3, 0.4) is 0 Å². The van der Waals surface area contributed by atoms with E-state index in [1.54, 1.807) is 27.9 Å². The van der Waals surface area contributed by atoms with Crippen molar-refractivity contribution >= 4 is 12.1 Å². The van der Waals surface area contributed by atoms with Crippen molar-refractivity contribution in [2.45, 2.75) is 105 Å². The molecule has 0 aliphatic heterocycles. The second kappa shape index (κ2) is 14.5.